The average Bonchev–Trinajstić information content (AvgIpc) is 3.91. The van der Waals surface area contributed by atoms with E-state index in [2.05, 4.69) is 45.9 Å². The zero-order chi connectivity index (χ0) is 36.6. The number of thiophene rings is 1. The number of carbonyl (C=O) groups is 2. The Bertz CT molecular complexity index is 1470. The second-order valence-corrected chi connectivity index (χ2v) is 16.6. The molecule has 1 aromatic heterocycles. The number of nitrogens with one attached hydrogen (secondary N) is 2. The average molecular weight is 708 g/mol. The van der Waals surface area contributed by atoms with Gasteiger partial charge >= 0.3 is 0 Å². The third-order valence-electron chi connectivity index (χ3n) is 11.0. The lowest BCUT2D eigenvalue weighted by atomic mass is 9.72. The summed E-state index contributed by atoms with van der Waals surface area (Å²) in [4.78, 5) is 42.7. The first-order valence-corrected chi connectivity index (χ1v) is 19.5. The second-order valence-electron chi connectivity index (χ2n) is 15.6. The molecule has 0 bridgehead atoms. The Kier molecular flexibility index (Phi) is 11.3. The van der Waals surface area contributed by atoms with Crippen LogP contribution in [0, 0.1) is 5.41 Å². The summed E-state index contributed by atoms with van der Waals surface area (Å²) in [5.74, 6) is -0.177. The topological polar surface area (TPSA) is 92.8 Å². The standard InChI is InChI=1S/C39H59N7O3S/c1-38(2)29-49-37(42-38)45-22-23-46(34(27-45)35(47)40-25-32-13-10-24-50-32)36(48)33(14-8-9-20-43(3)4)41-31-15-17-39(18-16-31)19-21-44(28-39)26-30-11-6-5-7-12-30/h5-7,10-13,24,31,33-34,41H,8-9,14-23,25-29H2,1-4H3,(H,40,47)/t31?,33-,34-,39?/m0/s1/i3D,4D. The van der Waals surface area contributed by atoms with E-state index in [1.807, 2.05) is 36.3 Å². The Labute approximate surface area is 306 Å². The minimum absolute atomic E-state index is 0.0152. The fraction of sp³-hybridized carbons (Fsp3) is 0.667. The molecule has 4 heterocycles. The van der Waals surface area contributed by atoms with Crippen LogP contribution >= 0.6 is 11.3 Å². The van der Waals surface area contributed by atoms with Gasteiger partial charge in [0, 0.05) is 39.8 Å². The van der Waals surface area contributed by atoms with Gasteiger partial charge in [-0.05, 0) is 108 Å². The lowest BCUT2D eigenvalue weighted by Crippen LogP contribution is -2.64. The van der Waals surface area contributed by atoms with Crippen LogP contribution < -0.4 is 10.6 Å². The molecule has 4 aliphatic rings. The molecule has 0 unspecified atom stereocenters. The minimum Gasteiger partial charge on any atom is -0.463 e. The number of amidine groups is 1. The molecule has 11 heteroatoms. The molecule has 274 valence electrons. The van der Waals surface area contributed by atoms with Crippen LogP contribution in [0.1, 0.15) is 78.4 Å². The molecule has 2 atom stereocenters. The molecule has 6 rings (SSSR count). The lowest BCUT2D eigenvalue weighted by molar-refractivity contribution is -0.145. The molecule has 1 aliphatic carbocycles. The Balaban J connectivity index is 1.12. The van der Waals surface area contributed by atoms with Crippen molar-refractivity contribution in [2.24, 2.45) is 10.4 Å². The first-order chi connectivity index (χ1) is 25.2. The molecule has 2 amide bonds. The van der Waals surface area contributed by atoms with E-state index in [1.165, 1.54) is 12.0 Å². The molecule has 1 spiro atoms. The van der Waals surface area contributed by atoms with Crippen LogP contribution in [0.25, 0.3) is 0 Å². The summed E-state index contributed by atoms with van der Waals surface area (Å²) in [6.07, 6.45) is 7.91. The van der Waals surface area contributed by atoms with Gasteiger partial charge in [-0.3, -0.25) is 14.5 Å². The molecule has 50 heavy (non-hydrogen) atoms. The number of benzene rings is 1. The Morgan fingerprint density at radius 2 is 1.90 bits per heavy atom. The third-order valence-corrected chi connectivity index (χ3v) is 11.8. The van der Waals surface area contributed by atoms with E-state index < -0.39 is 12.1 Å². The van der Waals surface area contributed by atoms with Gasteiger partial charge in [-0.2, -0.15) is 0 Å². The highest BCUT2D eigenvalue weighted by molar-refractivity contribution is 7.09. The normalized spacial score (nSPS) is 26.4. The van der Waals surface area contributed by atoms with E-state index in [9.17, 15) is 9.59 Å². The molecular weight excluding hydrogens is 647 g/mol. The maximum Gasteiger partial charge on any atom is 0.288 e. The van der Waals surface area contributed by atoms with E-state index in [0.29, 0.717) is 57.2 Å². The SMILES string of the molecule is [2H]CN(C[2H])CCCC[C@H](NC1CCC2(CC1)CCN(Cc1ccccc1)C2)C(=O)N1CCN(C2=NC(C)(C)CO2)C[C@H]1C(=O)NCc1cccs1. The highest BCUT2D eigenvalue weighted by Gasteiger charge is 2.44. The molecule has 3 aliphatic heterocycles. The highest BCUT2D eigenvalue weighted by atomic mass is 32.1. The summed E-state index contributed by atoms with van der Waals surface area (Å²) in [6, 6.07) is 14.5. The molecule has 2 aromatic rings. The third kappa shape index (κ3) is 9.66. The fourth-order valence-corrected chi connectivity index (χ4v) is 8.78. The summed E-state index contributed by atoms with van der Waals surface area (Å²) in [5.41, 5.74) is 1.40. The second kappa shape index (κ2) is 16.6. The van der Waals surface area contributed by atoms with Crippen LogP contribution in [0.5, 0.6) is 0 Å². The van der Waals surface area contributed by atoms with Crippen molar-refractivity contribution in [1.29, 1.82) is 0 Å². The molecular formula is C39H59N7O3S. The van der Waals surface area contributed by atoms with Crippen molar-refractivity contribution in [2.45, 2.75) is 102 Å². The zero-order valence-electron chi connectivity index (χ0n) is 32.2. The number of nitrogens with zero attached hydrogens (tertiary/aromatic N) is 5. The summed E-state index contributed by atoms with van der Waals surface area (Å²) in [6.45, 7) is 10.2. The monoisotopic (exact) mass is 707 g/mol. The largest absolute Gasteiger partial charge is 0.463 e. The number of hydrogen-bond acceptors (Lipinski definition) is 9. The molecule has 2 N–H and O–H groups in total. The summed E-state index contributed by atoms with van der Waals surface area (Å²) in [5, 5.41) is 8.95. The van der Waals surface area contributed by atoms with E-state index in [4.69, 9.17) is 12.5 Å². The van der Waals surface area contributed by atoms with E-state index in [1.54, 1.807) is 21.1 Å². The van der Waals surface area contributed by atoms with E-state index in [-0.39, 0.29) is 37.4 Å². The molecule has 2 saturated heterocycles. The number of piperazine rings is 1. The summed E-state index contributed by atoms with van der Waals surface area (Å²) >= 11 is 1.60. The van der Waals surface area contributed by atoms with Gasteiger partial charge in [0.05, 0.1) is 24.7 Å². The van der Waals surface area contributed by atoms with Crippen LogP contribution in [0.3, 0.4) is 0 Å². The van der Waals surface area contributed by atoms with E-state index >= 15 is 0 Å². The van der Waals surface area contributed by atoms with Crippen molar-refractivity contribution >= 4 is 29.2 Å². The number of amides is 2. The molecule has 3 fully saturated rings. The molecule has 1 saturated carbocycles. The van der Waals surface area contributed by atoms with E-state index in [0.717, 1.165) is 63.0 Å². The van der Waals surface area contributed by atoms with Crippen molar-refractivity contribution in [1.82, 2.24) is 30.2 Å². The molecule has 0 radical (unpaired) electrons. The summed E-state index contributed by atoms with van der Waals surface area (Å²) in [7, 11) is 0.213. The van der Waals surface area contributed by atoms with Crippen LogP contribution in [-0.2, 0) is 27.4 Å². The van der Waals surface area contributed by atoms with Crippen molar-refractivity contribution in [2.75, 3.05) is 59.9 Å². The van der Waals surface area contributed by atoms with Gasteiger partial charge in [-0.25, -0.2) is 4.99 Å². The predicted molar refractivity (Wildman–Crippen MR) is 201 cm³/mol. The Hall–Kier alpha value is -2.99. The smallest absolute Gasteiger partial charge is 0.288 e. The number of ether oxygens (including phenoxy) is 1. The Morgan fingerprint density at radius 3 is 2.62 bits per heavy atom. The molecule has 10 nitrogen and oxygen atoms in total. The maximum absolute atomic E-state index is 14.7. The van der Waals surface area contributed by atoms with Gasteiger partial charge in [0.15, 0.2) is 0 Å². The fourth-order valence-electron chi connectivity index (χ4n) is 8.13. The van der Waals surface area contributed by atoms with Crippen LogP contribution in [0.15, 0.2) is 52.8 Å². The van der Waals surface area contributed by atoms with Gasteiger partial charge in [-0.1, -0.05) is 42.8 Å². The number of unbranched alkanes of at least 4 members (excludes halogenated alkanes) is 1. The first-order valence-electron chi connectivity index (χ1n) is 20.0. The van der Waals surface area contributed by atoms with Gasteiger partial charge < -0.3 is 30.1 Å². The van der Waals surface area contributed by atoms with Crippen molar-refractivity contribution in [3.8, 4) is 0 Å². The maximum atomic E-state index is 14.7. The molecule has 1 aromatic carbocycles. The Morgan fingerprint density at radius 1 is 1.08 bits per heavy atom. The summed E-state index contributed by atoms with van der Waals surface area (Å²) < 4.78 is 21.4. The number of rotatable bonds is 13. The lowest BCUT2D eigenvalue weighted by Gasteiger charge is -2.43. The number of hydrogen-bond donors (Lipinski definition) is 2. The number of likely N-dealkylation sites (tertiary alicyclic amines) is 1. The van der Waals surface area contributed by atoms with Gasteiger partial charge in [0.1, 0.15) is 12.6 Å². The quantitative estimate of drug-likeness (QED) is 0.295. The van der Waals surface area contributed by atoms with Crippen LogP contribution in [0.2, 0.25) is 0 Å². The van der Waals surface area contributed by atoms with Crippen molar-refractivity contribution in [3.63, 3.8) is 0 Å². The van der Waals surface area contributed by atoms with Gasteiger partial charge in [0.2, 0.25) is 11.8 Å². The number of aliphatic imine (C=N–C) groups is 1. The van der Waals surface area contributed by atoms with Crippen molar-refractivity contribution in [3.05, 3.63) is 58.3 Å². The van der Waals surface area contributed by atoms with Gasteiger partial charge in [-0.15, -0.1) is 11.3 Å². The van der Waals surface area contributed by atoms with Gasteiger partial charge in [0.25, 0.3) is 6.02 Å². The van der Waals surface area contributed by atoms with Crippen molar-refractivity contribution < 1.29 is 17.1 Å². The first kappa shape index (κ1) is 34.1. The zero-order valence-corrected chi connectivity index (χ0v) is 31.0. The van der Waals surface area contributed by atoms with Crippen LogP contribution in [0.4, 0.5) is 0 Å². The minimum atomic E-state index is -0.675. The highest BCUT2D eigenvalue weighted by Crippen LogP contribution is 2.44. The number of carbonyl (C=O) groups excluding carboxylic acids is 2. The van der Waals surface area contributed by atoms with Crippen LogP contribution in [-0.4, -0.2) is 121 Å². The predicted octanol–water partition coefficient (Wildman–Crippen LogP) is 4.57.